The number of anilines is 2. The van der Waals surface area contributed by atoms with Crippen LogP contribution in [0.2, 0.25) is 0 Å². The minimum Gasteiger partial charge on any atom is -0.398 e. The van der Waals surface area contributed by atoms with E-state index >= 15 is 0 Å². The predicted molar refractivity (Wildman–Crippen MR) is 75.4 cm³/mol. The molecular formula is C15H22N2O. The van der Waals surface area contributed by atoms with Gasteiger partial charge in [0.25, 0.3) is 0 Å². The van der Waals surface area contributed by atoms with E-state index in [-0.39, 0.29) is 11.8 Å². The van der Waals surface area contributed by atoms with Crippen molar-refractivity contribution in [2.75, 3.05) is 11.1 Å². The van der Waals surface area contributed by atoms with Crippen LogP contribution in [0.15, 0.2) is 18.2 Å². The van der Waals surface area contributed by atoms with E-state index in [9.17, 15) is 4.79 Å². The Kier molecular flexibility index (Phi) is 4.24. The largest absolute Gasteiger partial charge is 0.398 e. The van der Waals surface area contributed by atoms with E-state index in [1.807, 2.05) is 25.1 Å². The Bertz CT molecular complexity index is 421. The average molecular weight is 246 g/mol. The highest BCUT2D eigenvalue weighted by atomic mass is 16.1. The molecule has 0 radical (unpaired) electrons. The summed E-state index contributed by atoms with van der Waals surface area (Å²) in [4.78, 5) is 12.2. The van der Waals surface area contributed by atoms with Gasteiger partial charge in [-0.15, -0.1) is 0 Å². The zero-order valence-corrected chi connectivity index (χ0v) is 11.0. The lowest BCUT2D eigenvalue weighted by atomic mass is 9.99. The minimum atomic E-state index is 0.158. The van der Waals surface area contributed by atoms with Crippen molar-refractivity contribution in [1.82, 2.24) is 0 Å². The monoisotopic (exact) mass is 246 g/mol. The first kappa shape index (κ1) is 12.9. The van der Waals surface area contributed by atoms with Crippen molar-refractivity contribution in [3.8, 4) is 0 Å². The number of hydrogen-bond acceptors (Lipinski definition) is 2. The zero-order chi connectivity index (χ0) is 13.0. The molecule has 18 heavy (non-hydrogen) atoms. The van der Waals surface area contributed by atoms with Crippen LogP contribution < -0.4 is 11.1 Å². The van der Waals surface area contributed by atoms with Gasteiger partial charge >= 0.3 is 0 Å². The molecule has 0 unspecified atom stereocenters. The maximum absolute atomic E-state index is 12.2. The molecule has 0 spiro atoms. The summed E-state index contributed by atoms with van der Waals surface area (Å²) < 4.78 is 0. The maximum Gasteiger partial charge on any atom is 0.227 e. The van der Waals surface area contributed by atoms with Crippen molar-refractivity contribution in [3.05, 3.63) is 23.8 Å². The molecule has 1 saturated carbocycles. The van der Waals surface area contributed by atoms with Crippen molar-refractivity contribution < 1.29 is 4.79 Å². The molecule has 0 heterocycles. The van der Waals surface area contributed by atoms with Gasteiger partial charge in [-0.3, -0.25) is 4.79 Å². The first-order valence-electron chi connectivity index (χ1n) is 6.84. The number of benzene rings is 1. The van der Waals surface area contributed by atoms with E-state index in [0.717, 1.165) is 29.8 Å². The van der Waals surface area contributed by atoms with Crippen LogP contribution in [0.4, 0.5) is 11.4 Å². The van der Waals surface area contributed by atoms with Crippen LogP contribution in [0, 0.1) is 12.8 Å². The lowest BCUT2D eigenvalue weighted by Crippen LogP contribution is -2.22. The normalized spacial score (nSPS) is 17.2. The highest BCUT2D eigenvalue weighted by molar-refractivity contribution is 5.93. The summed E-state index contributed by atoms with van der Waals surface area (Å²) in [5.74, 6) is 0.332. The molecule has 3 heteroatoms. The van der Waals surface area contributed by atoms with Gasteiger partial charge in [0.1, 0.15) is 0 Å². The molecule has 0 aliphatic heterocycles. The van der Waals surface area contributed by atoms with Crippen LogP contribution in [0.3, 0.4) is 0 Å². The third kappa shape index (κ3) is 3.03. The van der Waals surface area contributed by atoms with Crippen molar-refractivity contribution in [2.45, 2.75) is 45.4 Å². The number of amides is 1. The van der Waals surface area contributed by atoms with Crippen LogP contribution in [0.5, 0.6) is 0 Å². The van der Waals surface area contributed by atoms with E-state index in [4.69, 9.17) is 5.73 Å². The molecule has 1 amide bonds. The molecule has 98 valence electrons. The highest BCUT2D eigenvalue weighted by Gasteiger charge is 2.20. The molecule has 0 saturated heterocycles. The summed E-state index contributed by atoms with van der Waals surface area (Å²) in [7, 11) is 0. The first-order chi connectivity index (χ1) is 8.68. The van der Waals surface area contributed by atoms with Gasteiger partial charge in [0, 0.05) is 17.3 Å². The molecule has 1 aliphatic rings. The standard InChI is InChI=1S/C15H22N2O/c1-11-13(16)9-6-10-14(11)17-15(18)12-7-4-2-3-5-8-12/h6,9-10,12H,2-5,7-8,16H2,1H3,(H,17,18). The Morgan fingerprint density at radius 3 is 2.56 bits per heavy atom. The first-order valence-corrected chi connectivity index (χ1v) is 6.84. The minimum absolute atomic E-state index is 0.158. The third-order valence-electron chi connectivity index (χ3n) is 3.86. The molecule has 1 fully saturated rings. The fourth-order valence-corrected chi connectivity index (χ4v) is 2.57. The second kappa shape index (κ2) is 5.89. The van der Waals surface area contributed by atoms with Crippen molar-refractivity contribution in [2.24, 2.45) is 5.92 Å². The smallest absolute Gasteiger partial charge is 0.227 e. The maximum atomic E-state index is 12.2. The topological polar surface area (TPSA) is 55.1 Å². The molecule has 1 aromatic carbocycles. The molecule has 1 aromatic rings. The van der Waals surface area contributed by atoms with Gasteiger partial charge in [-0.05, 0) is 37.5 Å². The molecule has 0 aromatic heterocycles. The Labute approximate surface area is 109 Å². The van der Waals surface area contributed by atoms with E-state index in [1.165, 1.54) is 25.7 Å². The zero-order valence-electron chi connectivity index (χ0n) is 11.0. The van der Waals surface area contributed by atoms with Crippen molar-refractivity contribution in [1.29, 1.82) is 0 Å². The van der Waals surface area contributed by atoms with E-state index in [2.05, 4.69) is 5.32 Å². The lowest BCUT2D eigenvalue weighted by Gasteiger charge is -2.16. The summed E-state index contributed by atoms with van der Waals surface area (Å²) in [5.41, 5.74) is 8.39. The molecule has 0 atom stereocenters. The van der Waals surface area contributed by atoms with Gasteiger partial charge in [-0.25, -0.2) is 0 Å². The number of nitrogens with one attached hydrogen (secondary N) is 1. The highest BCUT2D eigenvalue weighted by Crippen LogP contribution is 2.26. The number of nitrogen functional groups attached to an aromatic ring is 1. The summed E-state index contributed by atoms with van der Waals surface area (Å²) in [6, 6.07) is 5.65. The Hall–Kier alpha value is -1.51. The third-order valence-corrected chi connectivity index (χ3v) is 3.86. The molecule has 0 bridgehead atoms. The SMILES string of the molecule is Cc1c(N)cccc1NC(=O)C1CCCCCC1. The van der Waals surface area contributed by atoms with Gasteiger partial charge in [-0.1, -0.05) is 31.7 Å². The second-order valence-electron chi connectivity index (χ2n) is 5.20. The van der Waals surface area contributed by atoms with Gasteiger partial charge < -0.3 is 11.1 Å². The van der Waals surface area contributed by atoms with Gasteiger partial charge in [-0.2, -0.15) is 0 Å². The summed E-state index contributed by atoms with van der Waals surface area (Å²) in [6.07, 6.45) is 6.92. The van der Waals surface area contributed by atoms with Crippen LogP contribution in [-0.2, 0) is 4.79 Å². The fourth-order valence-electron chi connectivity index (χ4n) is 2.57. The van der Waals surface area contributed by atoms with Gasteiger partial charge in [0.05, 0.1) is 0 Å². The van der Waals surface area contributed by atoms with Crippen molar-refractivity contribution >= 4 is 17.3 Å². The van der Waals surface area contributed by atoms with E-state index in [1.54, 1.807) is 0 Å². The van der Waals surface area contributed by atoms with Crippen LogP contribution in [-0.4, -0.2) is 5.91 Å². The molecule has 1 aliphatic carbocycles. The average Bonchev–Trinajstić information content (AvgIpc) is 2.63. The van der Waals surface area contributed by atoms with Gasteiger partial charge in [0.2, 0.25) is 5.91 Å². The van der Waals surface area contributed by atoms with Crippen LogP contribution in [0.1, 0.15) is 44.1 Å². The number of carbonyl (C=O) groups excluding carboxylic acids is 1. The molecular weight excluding hydrogens is 224 g/mol. The molecule has 2 rings (SSSR count). The van der Waals surface area contributed by atoms with Gasteiger partial charge in [0.15, 0.2) is 0 Å². The number of rotatable bonds is 2. The predicted octanol–water partition coefficient (Wildman–Crippen LogP) is 3.49. The van der Waals surface area contributed by atoms with Crippen molar-refractivity contribution in [3.63, 3.8) is 0 Å². The summed E-state index contributed by atoms with van der Waals surface area (Å²) >= 11 is 0. The molecule has 3 nitrogen and oxygen atoms in total. The summed E-state index contributed by atoms with van der Waals surface area (Å²) in [6.45, 7) is 1.94. The Morgan fingerprint density at radius 2 is 1.89 bits per heavy atom. The van der Waals surface area contributed by atoms with Crippen LogP contribution in [0.25, 0.3) is 0 Å². The van der Waals surface area contributed by atoms with E-state index in [0.29, 0.717) is 0 Å². The lowest BCUT2D eigenvalue weighted by molar-refractivity contribution is -0.120. The summed E-state index contributed by atoms with van der Waals surface area (Å²) in [5, 5.41) is 3.03. The number of hydrogen-bond donors (Lipinski definition) is 2. The Morgan fingerprint density at radius 1 is 1.22 bits per heavy atom. The number of nitrogens with two attached hydrogens (primary N) is 1. The molecule has 3 N–H and O–H groups in total. The van der Waals surface area contributed by atoms with Crippen LogP contribution >= 0.6 is 0 Å². The fraction of sp³-hybridized carbons (Fsp3) is 0.533. The second-order valence-corrected chi connectivity index (χ2v) is 5.20. The van der Waals surface area contributed by atoms with E-state index < -0.39 is 0 Å². The Balaban J connectivity index is 2.03. The number of carbonyl (C=O) groups is 1. The quantitative estimate of drug-likeness (QED) is 0.620.